The van der Waals surface area contributed by atoms with Crippen LogP contribution in [0, 0.1) is 0 Å². The number of hydrogen-bond acceptors (Lipinski definition) is 3. The largest absolute Gasteiger partial charge is 0.480 e. The highest BCUT2D eigenvalue weighted by atomic mass is 32.2. The molecule has 3 nitrogen and oxygen atoms in total. The van der Waals surface area contributed by atoms with Crippen molar-refractivity contribution in [1.29, 1.82) is 0 Å². The highest BCUT2D eigenvalue weighted by Crippen LogP contribution is 2.35. The standard InChI is InChI=1S/C12H17NO2S/c1-12(2,8-10(13)11(14)15)16-9-6-4-3-5-7-9/h3-7,10H,8,13H2,1-2H3,(H,14,15)/t10-/m0/s1. The molecular formula is C12H17NO2S. The predicted octanol–water partition coefficient (Wildman–Crippen LogP) is 2.36. The molecule has 1 atom stereocenters. The highest BCUT2D eigenvalue weighted by Gasteiger charge is 2.26. The van der Waals surface area contributed by atoms with Gasteiger partial charge in [-0.15, -0.1) is 11.8 Å². The van der Waals surface area contributed by atoms with E-state index in [9.17, 15) is 4.79 Å². The van der Waals surface area contributed by atoms with E-state index in [4.69, 9.17) is 10.8 Å². The van der Waals surface area contributed by atoms with Crippen LogP contribution in [0.25, 0.3) is 0 Å². The normalized spacial score (nSPS) is 13.4. The summed E-state index contributed by atoms with van der Waals surface area (Å²) in [5.74, 6) is -0.943. The van der Waals surface area contributed by atoms with Crippen LogP contribution in [0.2, 0.25) is 0 Å². The summed E-state index contributed by atoms with van der Waals surface area (Å²) in [7, 11) is 0. The Hall–Kier alpha value is -1.00. The summed E-state index contributed by atoms with van der Waals surface area (Å²) in [4.78, 5) is 11.8. The molecule has 1 aromatic carbocycles. The van der Waals surface area contributed by atoms with Crippen molar-refractivity contribution < 1.29 is 9.90 Å². The van der Waals surface area contributed by atoms with Gasteiger partial charge in [-0.1, -0.05) is 32.0 Å². The van der Waals surface area contributed by atoms with Crippen LogP contribution in [0.15, 0.2) is 35.2 Å². The first-order valence-corrected chi connectivity index (χ1v) is 5.95. The molecule has 16 heavy (non-hydrogen) atoms. The molecule has 4 heteroatoms. The number of hydrogen-bond donors (Lipinski definition) is 2. The molecule has 0 spiro atoms. The topological polar surface area (TPSA) is 63.3 Å². The smallest absolute Gasteiger partial charge is 0.320 e. The van der Waals surface area contributed by atoms with Gasteiger partial charge >= 0.3 is 5.97 Å². The minimum Gasteiger partial charge on any atom is -0.480 e. The van der Waals surface area contributed by atoms with Crippen molar-refractivity contribution in [2.24, 2.45) is 5.73 Å². The van der Waals surface area contributed by atoms with Crippen LogP contribution in [-0.2, 0) is 4.79 Å². The quantitative estimate of drug-likeness (QED) is 0.774. The van der Waals surface area contributed by atoms with Crippen LogP contribution in [0.4, 0.5) is 0 Å². The summed E-state index contributed by atoms with van der Waals surface area (Å²) in [6.07, 6.45) is 0.446. The van der Waals surface area contributed by atoms with Gasteiger partial charge < -0.3 is 10.8 Å². The van der Waals surface area contributed by atoms with E-state index in [-0.39, 0.29) is 4.75 Å². The molecule has 0 bridgehead atoms. The molecular weight excluding hydrogens is 222 g/mol. The number of aliphatic carboxylic acids is 1. The van der Waals surface area contributed by atoms with Gasteiger partial charge in [-0.05, 0) is 18.6 Å². The second kappa shape index (κ2) is 5.37. The molecule has 0 aromatic heterocycles. The monoisotopic (exact) mass is 239 g/mol. The molecule has 0 heterocycles. The number of nitrogens with two attached hydrogens (primary N) is 1. The minimum absolute atomic E-state index is 0.181. The van der Waals surface area contributed by atoms with Crippen molar-refractivity contribution in [2.45, 2.75) is 36.0 Å². The Morgan fingerprint density at radius 1 is 1.44 bits per heavy atom. The maximum Gasteiger partial charge on any atom is 0.320 e. The van der Waals surface area contributed by atoms with Gasteiger partial charge in [0.1, 0.15) is 6.04 Å². The molecule has 0 saturated carbocycles. The van der Waals surface area contributed by atoms with E-state index in [0.29, 0.717) is 6.42 Å². The van der Waals surface area contributed by atoms with E-state index in [1.807, 2.05) is 44.2 Å². The van der Waals surface area contributed by atoms with E-state index >= 15 is 0 Å². The second-order valence-electron chi connectivity index (χ2n) is 4.32. The molecule has 0 saturated heterocycles. The van der Waals surface area contributed by atoms with Crippen molar-refractivity contribution in [3.63, 3.8) is 0 Å². The first-order valence-electron chi connectivity index (χ1n) is 5.13. The third kappa shape index (κ3) is 4.24. The first kappa shape index (κ1) is 13.1. The van der Waals surface area contributed by atoms with Gasteiger partial charge in [0.15, 0.2) is 0 Å². The van der Waals surface area contributed by atoms with E-state index in [1.54, 1.807) is 11.8 Å². The lowest BCUT2D eigenvalue weighted by atomic mass is 10.0. The van der Waals surface area contributed by atoms with E-state index < -0.39 is 12.0 Å². The van der Waals surface area contributed by atoms with Crippen molar-refractivity contribution in [2.75, 3.05) is 0 Å². The molecule has 88 valence electrons. The number of rotatable bonds is 5. The Morgan fingerprint density at radius 2 is 2.00 bits per heavy atom. The van der Waals surface area contributed by atoms with Gasteiger partial charge in [0.05, 0.1) is 0 Å². The van der Waals surface area contributed by atoms with Crippen LogP contribution in [0.3, 0.4) is 0 Å². The number of carbonyl (C=O) groups is 1. The molecule has 0 amide bonds. The lowest BCUT2D eigenvalue weighted by Crippen LogP contribution is -2.36. The van der Waals surface area contributed by atoms with Crippen LogP contribution < -0.4 is 5.73 Å². The van der Waals surface area contributed by atoms with Gasteiger partial charge in [0, 0.05) is 9.64 Å². The van der Waals surface area contributed by atoms with Crippen LogP contribution in [0.5, 0.6) is 0 Å². The number of carboxylic acids is 1. The molecule has 0 unspecified atom stereocenters. The Morgan fingerprint density at radius 3 is 2.50 bits per heavy atom. The average molecular weight is 239 g/mol. The molecule has 0 fully saturated rings. The summed E-state index contributed by atoms with van der Waals surface area (Å²) < 4.78 is -0.181. The van der Waals surface area contributed by atoms with E-state index in [1.165, 1.54) is 0 Å². The summed E-state index contributed by atoms with van der Waals surface area (Å²) in [6, 6.07) is 9.12. The zero-order chi connectivity index (χ0) is 12.2. The fourth-order valence-corrected chi connectivity index (χ4v) is 2.66. The molecule has 1 rings (SSSR count). The van der Waals surface area contributed by atoms with Gasteiger partial charge in [-0.25, -0.2) is 0 Å². The zero-order valence-electron chi connectivity index (χ0n) is 9.51. The Kier molecular flexibility index (Phi) is 4.38. The summed E-state index contributed by atoms with van der Waals surface area (Å²) >= 11 is 1.65. The number of benzene rings is 1. The molecule has 0 aliphatic heterocycles. The van der Waals surface area contributed by atoms with Gasteiger partial charge in [0.25, 0.3) is 0 Å². The Balaban J connectivity index is 2.61. The SMILES string of the molecule is CC(C)(C[C@H](N)C(=O)O)Sc1ccccc1. The highest BCUT2D eigenvalue weighted by molar-refractivity contribution is 8.00. The molecule has 1 aromatic rings. The average Bonchev–Trinajstić information content (AvgIpc) is 2.17. The van der Waals surface area contributed by atoms with Crippen molar-refractivity contribution >= 4 is 17.7 Å². The number of carboxylic acid groups (broad SMARTS) is 1. The number of thioether (sulfide) groups is 1. The van der Waals surface area contributed by atoms with Crippen LogP contribution >= 0.6 is 11.8 Å². The molecule has 0 aliphatic carbocycles. The zero-order valence-corrected chi connectivity index (χ0v) is 10.3. The molecule has 3 N–H and O–H groups in total. The van der Waals surface area contributed by atoms with Gasteiger partial charge in [-0.2, -0.15) is 0 Å². The third-order valence-corrected chi connectivity index (χ3v) is 3.39. The second-order valence-corrected chi connectivity index (χ2v) is 6.10. The molecule has 0 radical (unpaired) electrons. The predicted molar refractivity (Wildman–Crippen MR) is 66.6 cm³/mol. The summed E-state index contributed by atoms with van der Waals surface area (Å²) in [5.41, 5.74) is 5.54. The van der Waals surface area contributed by atoms with Crippen molar-refractivity contribution in [3.05, 3.63) is 30.3 Å². The minimum atomic E-state index is -0.943. The van der Waals surface area contributed by atoms with Crippen LogP contribution in [-0.4, -0.2) is 21.9 Å². The third-order valence-electron chi connectivity index (χ3n) is 2.17. The summed E-state index contributed by atoms with van der Waals surface area (Å²) in [6.45, 7) is 4.01. The Bertz CT molecular complexity index is 351. The van der Waals surface area contributed by atoms with E-state index in [0.717, 1.165) is 4.90 Å². The first-order chi connectivity index (χ1) is 7.41. The van der Waals surface area contributed by atoms with Gasteiger partial charge in [-0.3, -0.25) is 4.79 Å². The van der Waals surface area contributed by atoms with E-state index in [2.05, 4.69) is 0 Å². The van der Waals surface area contributed by atoms with Crippen LogP contribution in [0.1, 0.15) is 20.3 Å². The van der Waals surface area contributed by atoms with Crippen molar-refractivity contribution in [1.82, 2.24) is 0 Å². The fraction of sp³-hybridized carbons (Fsp3) is 0.417. The van der Waals surface area contributed by atoms with Gasteiger partial charge in [0.2, 0.25) is 0 Å². The fourth-order valence-electron chi connectivity index (χ4n) is 1.47. The van der Waals surface area contributed by atoms with Crippen molar-refractivity contribution in [3.8, 4) is 0 Å². The lowest BCUT2D eigenvalue weighted by molar-refractivity contribution is -0.138. The summed E-state index contributed by atoms with van der Waals surface area (Å²) in [5, 5.41) is 8.78. The Labute approximate surface area is 100 Å². The molecule has 0 aliphatic rings. The lowest BCUT2D eigenvalue weighted by Gasteiger charge is -2.25. The maximum absolute atomic E-state index is 10.7. The maximum atomic E-state index is 10.7.